The lowest BCUT2D eigenvalue weighted by Gasteiger charge is -2.26. The number of likely N-dealkylation sites (tertiary alicyclic amines) is 1. The van der Waals surface area contributed by atoms with Gasteiger partial charge in [0.25, 0.3) is 0 Å². The molecule has 1 spiro atoms. The Morgan fingerprint density at radius 1 is 1.07 bits per heavy atom. The maximum Gasteiger partial charge on any atom is 0.203 e. The molecule has 0 amide bonds. The summed E-state index contributed by atoms with van der Waals surface area (Å²) in [5.41, 5.74) is 1.57. The molecule has 1 aliphatic carbocycles. The van der Waals surface area contributed by atoms with Gasteiger partial charge in [-0.15, -0.1) is 24.0 Å². The van der Waals surface area contributed by atoms with Gasteiger partial charge in [0.1, 0.15) is 0 Å². The Balaban J connectivity index is 0.00000280. The lowest BCUT2D eigenvalue weighted by Crippen LogP contribution is -2.41. The number of hydrogen-bond acceptors (Lipinski definition) is 4. The van der Waals surface area contributed by atoms with Crippen LogP contribution in [0.4, 0.5) is 0 Å². The van der Waals surface area contributed by atoms with Gasteiger partial charge in [0, 0.05) is 19.6 Å². The summed E-state index contributed by atoms with van der Waals surface area (Å²) < 4.78 is 16.3. The highest BCUT2D eigenvalue weighted by Crippen LogP contribution is 2.45. The lowest BCUT2D eigenvalue weighted by molar-refractivity contribution is 0.309. The smallest absolute Gasteiger partial charge is 0.203 e. The van der Waals surface area contributed by atoms with Gasteiger partial charge in [0.05, 0.1) is 27.9 Å². The Labute approximate surface area is 186 Å². The number of hydrogen-bond donors (Lipinski definition) is 1. The summed E-state index contributed by atoms with van der Waals surface area (Å²) in [5.74, 6) is 2.95. The van der Waals surface area contributed by atoms with Crippen molar-refractivity contribution in [2.75, 3.05) is 41.0 Å². The molecule has 0 aromatic heterocycles. The van der Waals surface area contributed by atoms with Gasteiger partial charge in [0.15, 0.2) is 17.5 Å². The summed E-state index contributed by atoms with van der Waals surface area (Å²) in [4.78, 5) is 7.34. The van der Waals surface area contributed by atoms with E-state index >= 15 is 0 Å². The standard InChI is InChI=1S/C21H33N3O3.HI/c1-5-22-20(24-11-10-21(15-24)8-6-7-9-21)23-14-16-12-17(25-2)19(27-4)18(13-16)26-3;/h12-13H,5-11,14-15H2,1-4H3,(H,22,23);1H. The summed E-state index contributed by atoms with van der Waals surface area (Å²) in [6, 6.07) is 3.94. The van der Waals surface area contributed by atoms with E-state index in [1.54, 1.807) is 21.3 Å². The second-order valence-electron chi connectivity index (χ2n) is 7.58. The highest BCUT2D eigenvalue weighted by molar-refractivity contribution is 14.0. The largest absolute Gasteiger partial charge is 0.493 e. The van der Waals surface area contributed by atoms with Crippen molar-refractivity contribution in [3.8, 4) is 17.2 Å². The van der Waals surface area contributed by atoms with E-state index in [-0.39, 0.29) is 24.0 Å². The van der Waals surface area contributed by atoms with E-state index < -0.39 is 0 Å². The molecule has 1 saturated carbocycles. The first-order chi connectivity index (χ1) is 13.1. The third-order valence-corrected chi connectivity index (χ3v) is 5.87. The van der Waals surface area contributed by atoms with E-state index in [1.807, 2.05) is 12.1 Å². The second-order valence-corrected chi connectivity index (χ2v) is 7.58. The first-order valence-electron chi connectivity index (χ1n) is 9.97. The Kier molecular flexibility index (Phi) is 8.52. The Morgan fingerprint density at radius 3 is 2.25 bits per heavy atom. The van der Waals surface area contributed by atoms with Gasteiger partial charge in [-0.3, -0.25) is 0 Å². The van der Waals surface area contributed by atoms with Gasteiger partial charge in [-0.2, -0.15) is 0 Å². The van der Waals surface area contributed by atoms with Crippen LogP contribution in [0.1, 0.15) is 44.6 Å². The first-order valence-corrected chi connectivity index (χ1v) is 9.97. The monoisotopic (exact) mass is 503 g/mol. The number of aliphatic imine (C=N–C) groups is 1. The molecule has 0 radical (unpaired) electrons. The van der Waals surface area contributed by atoms with E-state index in [0.29, 0.717) is 29.2 Å². The minimum atomic E-state index is 0. The number of rotatable bonds is 6. The maximum absolute atomic E-state index is 5.46. The van der Waals surface area contributed by atoms with Crippen LogP contribution >= 0.6 is 24.0 Å². The van der Waals surface area contributed by atoms with Crippen LogP contribution < -0.4 is 19.5 Å². The van der Waals surface area contributed by atoms with Crippen LogP contribution in [0.3, 0.4) is 0 Å². The minimum Gasteiger partial charge on any atom is -0.493 e. The zero-order chi connectivity index (χ0) is 19.3. The highest BCUT2D eigenvalue weighted by Gasteiger charge is 2.41. The fraction of sp³-hybridized carbons (Fsp3) is 0.667. The van der Waals surface area contributed by atoms with E-state index in [1.165, 1.54) is 32.1 Å². The van der Waals surface area contributed by atoms with E-state index in [0.717, 1.165) is 31.2 Å². The molecule has 0 unspecified atom stereocenters. The number of guanidine groups is 1. The van der Waals surface area contributed by atoms with Crippen LogP contribution in [0.5, 0.6) is 17.2 Å². The van der Waals surface area contributed by atoms with Crippen molar-refractivity contribution >= 4 is 29.9 Å². The maximum atomic E-state index is 5.46. The fourth-order valence-corrected chi connectivity index (χ4v) is 4.47. The van der Waals surface area contributed by atoms with Gasteiger partial charge in [-0.1, -0.05) is 12.8 Å². The van der Waals surface area contributed by atoms with E-state index in [2.05, 4.69) is 17.1 Å². The average Bonchev–Trinajstić information content (AvgIpc) is 3.34. The van der Waals surface area contributed by atoms with Crippen LogP contribution in [0.15, 0.2) is 17.1 Å². The van der Waals surface area contributed by atoms with Crippen LogP contribution in [0.25, 0.3) is 0 Å². The SMILES string of the molecule is CCNC(=NCc1cc(OC)c(OC)c(OC)c1)N1CCC2(CCCC2)C1.I. The number of halogens is 1. The molecule has 158 valence electrons. The molecule has 6 nitrogen and oxygen atoms in total. The summed E-state index contributed by atoms with van der Waals surface area (Å²) in [6.45, 7) is 5.80. The van der Waals surface area contributed by atoms with Gasteiger partial charge in [-0.05, 0) is 49.3 Å². The Morgan fingerprint density at radius 2 is 1.71 bits per heavy atom. The predicted molar refractivity (Wildman–Crippen MR) is 123 cm³/mol. The molecule has 1 N–H and O–H groups in total. The van der Waals surface area contributed by atoms with Crippen LogP contribution in [-0.4, -0.2) is 51.8 Å². The van der Waals surface area contributed by atoms with Crippen LogP contribution in [-0.2, 0) is 6.54 Å². The van der Waals surface area contributed by atoms with Gasteiger partial charge in [-0.25, -0.2) is 4.99 Å². The van der Waals surface area contributed by atoms with Crippen molar-refractivity contribution in [2.45, 2.75) is 45.6 Å². The number of ether oxygens (including phenoxy) is 3. The topological polar surface area (TPSA) is 55.3 Å². The Bertz CT molecular complexity index is 650. The number of nitrogens with one attached hydrogen (secondary N) is 1. The highest BCUT2D eigenvalue weighted by atomic mass is 127. The van der Waals surface area contributed by atoms with Crippen molar-refractivity contribution in [1.82, 2.24) is 10.2 Å². The van der Waals surface area contributed by atoms with Crippen molar-refractivity contribution in [3.63, 3.8) is 0 Å². The van der Waals surface area contributed by atoms with Crippen molar-refractivity contribution < 1.29 is 14.2 Å². The minimum absolute atomic E-state index is 0. The second kappa shape index (κ2) is 10.4. The molecule has 2 aliphatic rings. The summed E-state index contributed by atoms with van der Waals surface area (Å²) in [5, 5.41) is 3.47. The predicted octanol–water partition coefficient (Wildman–Crippen LogP) is 4.06. The molecule has 3 rings (SSSR count). The third-order valence-electron chi connectivity index (χ3n) is 5.87. The van der Waals surface area contributed by atoms with Gasteiger partial charge >= 0.3 is 0 Å². The third kappa shape index (κ3) is 4.96. The van der Waals surface area contributed by atoms with Gasteiger partial charge in [0.2, 0.25) is 5.75 Å². The molecule has 0 atom stereocenters. The average molecular weight is 503 g/mol. The Hall–Kier alpha value is -1.38. The summed E-state index contributed by atoms with van der Waals surface area (Å²) in [7, 11) is 4.90. The summed E-state index contributed by atoms with van der Waals surface area (Å²) in [6.07, 6.45) is 6.80. The van der Waals surface area contributed by atoms with Crippen LogP contribution in [0, 0.1) is 5.41 Å². The number of methoxy groups -OCH3 is 3. The quantitative estimate of drug-likeness (QED) is 0.361. The molecule has 1 aromatic carbocycles. The molecule has 28 heavy (non-hydrogen) atoms. The molecule has 7 heteroatoms. The zero-order valence-corrected chi connectivity index (χ0v) is 19.9. The van der Waals surface area contributed by atoms with Crippen molar-refractivity contribution in [1.29, 1.82) is 0 Å². The molecule has 0 bridgehead atoms. The van der Waals surface area contributed by atoms with Gasteiger partial charge < -0.3 is 24.4 Å². The molecule has 1 aliphatic heterocycles. The fourth-order valence-electron chi connectivity index (χ4n) is 4.47. The zero-order valence-electron chi connectivity index (χ0n) is 17.5. The van der Waals surface area contributed by atoms with E-state index in [9.17, 15) is 0 Å². The van der Waals surface area contributed by atoms with Crippen molar-refractivity contribution in [3.05, 3.63) is 17.7 Å². The molecular formula is C21H34IN3O3. The first kappa shape index (κ1) is 22.9. The molecular weight excluding hydrogens is 469 g/mol. The van der Waals surface area contributed by atoms with Crippen molar-refractivity contribution in [2.24, 2.45) is 10.4 Å². The number of benzene rings is 1. The molecule has 2 fully saturated rings. The summed E-state index contributed by atoms with van der Waals surface area (Å²) >= 11 is 0. The van der Waals surface area contributed by atoms with Crippen LogP contribution in [0.2, 0.25) is 0 Å². The molecule has 1 heterocycles. The molecule has 1 aromatic rings. The normalized spacial score (nSPS) is 18.1. The number of nitrogens with zero attached hydrogens (tertiary/aromatic N) is 2. The molecule has 1 saturated heterocycles. The lowest BCUT2D eigenvalue weighted by atomic mass is 9.86. The van der Waals surface area contributed by atoms with E-state index in [4.69, 9.17) is 19.2 Å².